The van der Waals surface area contributed by atoms with Crippen molar-refractivity contribution in [2.24, 2.45) is 0 Å². The van der Waals surface area contributed by atoms with Crippen molar-refractivity contribution >= 4 is 33.0 Å². The first kappa shape index (κ1) is 19.4. The standard InChI is InChI=1S/C17H19N3O5S/c1-2-11-26(24,25)19-15-7-5-14(6-8-15)18-17(21)12-13-3-9-16(10-4-13)20(22)23/h3-10,19H,2,11-12H2,1H3,(H,18,21). The lowest BCUT2D eigenvalue weighted by Crippen LogP contribution is -2.16. The van der Waals surface area contributed by atoms with Gasteiger partial charge in [0.2, 0.25) is 15.9 Å². The van der Waals surface area contributed by atoms with Crippen molar-refractivity contribution in [3.05, 3.63) is 64.2 Å². The number of anilines is 2. The van der Waals surface area contributed by atoms with E-state index in [-0.39, 0.29) is 23.8 Å². The maximum absolute atomic E-state index is 12.0. The Morgan fingerprint density at radius 2 is 1.62 bits per heavy atom. The van der Waals surface area contributed by atoms with Crippen LogP contribution < -0.4 is 10.0 Å². The Hall–Kier alpha value is -2.94. The minimum atomic E-state index is -3.36. The predicted molar refractivity (Wildman–Crippen MR) is 99.6 cm³/mol. The summed E-state index contributed by atoms with van der Waals surface area (Å²) in [7, 11) is -3.36. The molecule has 8 nitrogen and oxygen atoms in total. The molecule has 2 aromatic rings. The van der Waals surface area contributed by atoms with Gasteiger partial charge in [-0.05, 0) is 36.2 Å². The molecule has 0 aliphatic heterocycles. The number of nitro benzene ring substituents is 1. The molecule has 26 heavy (non-hydrogen) atoms. The van der Waals surface area contributed by atoms with Crippen LogP contribution in [0.4, 0.5) is 17.1 Å². The van der Waals surface area contributed by atoms with E-state index in [1.807, 2.05) is 0 Å². The van der Waals surface area contributed by atoms with Gasteiger partial charge in [-0.2, -0.15) is 0 Å². The lowest BCUT2D eigenvalue weighted by Gasteiger charge is -2.09. The fourth-order valence-electron chi connectivity index (χ4n) is 2.25. The van der Waals surface area contributed by atoms with Crippen LogP contribution >= 0.6 is 0 Å². The van der Waals surface area contributed by atoms with Crippen LogP contribution in [-0.4, -0.2) is 25.0 Å². The fraction of sp³-hybridized carbons (Fsp3) is 0.235. The highest BCUT2D eigenvalue weighted by Crippen LogP contribution is 2.16. The molecule has 2 aromatic carbocycles. The molecule has 2 N–H and O–H groups in total. The number of non-ortho nitro benzene ring substituents is 1. The van der Waals surface area contributed by atoms with Crippen LogP contribution in [0.5, 0.6) is 0 Å². The molecule has 138 valence electrons. The number of nitro groups is 1. The normalized spacial score (nSPS) is 11.0. The van der Waals surface area contributed by atoms with E-state index in [1.165, 1.54) is 24.3 Å². The Bertz CT molecular complexity index is 878. The monoisotopic (exact) mass is 377 g/mol. The summed E-state index contributed by atoms with van der Waals surface area (Å²) in [6, 6.07) is 12.1. The van der Waals surface area contributed by atoms with Crippen LogP contribution in [0.15, 0.2) is 48.5 Å². The minimum Gasteiger partial charge on any atom is -0.326 e. The van der Waals surface area contributed by atoms with Crippen LogP contribution in [0.3, 0.4) is 0 Å². The highest BCUT2D eigenvalue weighted by molar-refractivity contribution is 7.92. The van der Waals surface area contributed by atoms with Gasteiger partial charge in [0, 0.05) is 23.5 Å². The van der Waals surface area contributed by atoms with Crippen LogP contribution in [0.1, 0.15) is 18.9 Å². The summed E-state index contributed by atoms with van der Waals surface area (Å²) in [6.45, 7) is 1.78. The molecule has 0 saturated heterocycles. The van der Waals surface area contributed by atoms with Gasteiger partial charge < -0.3 is 5.32 Å². The summed E-state index contributed by atoms with van der Waals surface area (Å²) < 4.78 is 25.9. The Balaban J connectivity index is 1.93. The minimum absolute atomic E-state index is 0.0322. The number of nitrogens with zero attached hydrogens (tertiary/aromatic N) is 1. The SMILES string of the molecule is CCCS(=O)(=O)Nc1ccc(NC(=O)Cc2ccc([N+](=O)[O-])cc2)cc1. The number of sulfonamides is 1. The number of rotatable bonds is 8. The van der Waals surface area contributed by atoms with Gasteiger partial charge >= 0.3 is 0 Å². The van der Waals surface area contributed by atoms with Gasteiger partial charge in [-0.15, -0.1) is 0 Å². The predicted octanol–water partition coefficient (Wildman–Crippen LogP) is 2.93. The number of nitrogens with one attached hydrogen (secondary N) is 2. The zero-order chi connectivity index (χ0) is 19.2. The van der Waals surface area contributed by atoms with Crippen molar-refractivity contribution in [2.45, 2.75) is 19.8 Å². The number of hydrogen-bond donors (Lipinski definition) is 2. The van der Waals surface area contributed by atoms with E-state index < -0.39 is 14.9 Å². The van der Waals surface area contributed by atoms with E-state index in [2.05, 4.69) is 10.0 Å². The highest BCUT2D eigenvalue weighted by atomic mass is 32.2. The largest absolute Gasteiger partial charge is 0.326 e. The quantitative estimate of drug-likeness (QED) is 0.541. The first-order chi connectivity index (χ1) is 12.3. The third kappa shape index (κ3) is 5.85. The maximum atomic E-state index is 12.0. The number of carbonyl (C=O) groups is 1. The number of hydrogen-bond acceptors (Lipinski definition) is 5. The molecule has 0 heterocycles. The third-order valence-corrected chi connectivity index (χ3v) is 4.92. The second kappa shape index (κ2) is 8.43. The summed E-state index contributed by atoms with van der Waals surface area (Å²) in [5.41, 5.74) is 1.56. The average molecular weight is 377 g/mol. The Kier molecular flexibility index (Phi) is 6.29. The van der Waals surface area contributed by atoms with Crippen LogP contribution in [0.25, 0.3) is 0 Å². The molecule has 0 unspecified atom stereocenters. The van der Waals surface area contributed by atoms with Crippen LogP contribution in [0, 0.1) is 10.1 Å². The molecule has 0 atom stereocenters. The second-order valence-corrected chi connectivity index (χ2v) is 7.49. The molecular weight excluding hydrogens is 358 g/mol. The summed E-state index contributed by atoms with van der Waals surface area (Å²) in [6.07, 6.45) is 0.592. The van der Waals surface area contributed by atoms with Crippen molar-refractivity contribution < 1.29 is 18.1 Å². The lowest BCUT2D eigenvalue weighted by molar-refractivity contribution is -0.384. The van der Waals surface area contributed by atoms with Crippen molar-refractivity contribution in [2.75, 3.05) is 15.8 Å². The molecule has 0 saturated carbocycles. The first-order valence-electron chi connectivity index (χ1n) is 7.93. The number of benzene rings is 2. The highest BCUT2D eigenvalue weighted by Gasteiger charge is 2.10. The van der Waals surface area contributed by atoms with E-state index in [4.69, 9.17) is 0 Å². The van der Waals surface area contributed by atoms with E-state index in [9.17, 15) is 23.3 Å². The zero-order valence-corrected chi connectivity index (χ0v) is 15.0. The smallest absolute Gasteiger partial charge is 0.269 e. The molecule has 1 amide bonds. The van der Waals surface area contributed by atoms with Crippen molar-refractivity contribution in [3.63, 3.8) is 0 Å². The molecule has 0 radical (unpaired) electrons. The summed E-state index contributed by atoms with van der Waals surface area (Å²) >= 11 is 0. The van der Waals surface area contributed by atoms with Gasteiger partial charge in [-0.3, -0.25) is 19.6 Å². The maximum Gasteiger partial charge on any atom is 0.269 e. The molecule has 0 aromatic heterocycles. The number of amides is 1. The van der Waals surface area contributed by atoms with Crippen molar-refractivity contribution in [3.8, 4) is 0 Å². The van der Waals surface area contributed by atoms with E-state index in [1.54, 1.807) is 31.2 Å². The molecule has 0 bridgehead atoms. The summed E-state index contributed by atoms with van der Waals surface area (Å²) in [5, 5.41) is 13.3. The van der Waals surface area contributed by atoms with Gasteiger partial charge in [-0.1, -0.05) is 19.1 Å². The summed E-state index contributed by atoms with van der Waals surface area (Å²) in [4.78, 5) is 22.2. The Morgan fingerprint density at radius 1 is 1.04 bits per heavy atom. The molecule has 0 aliphatic rings. The van der Waals surface area contributed by atoms with E-state index >= 15 is 0 Å². The Morgan fingerprint density at radius 3 is 2.15 bits per heavy atom. The number of carbonyl (C=O) groups excluding carboxylic acids is 1. The van der Waals surface area contributed by atoms with Crippen LogP contribution in [-0.2, 0) is 21.2 Å². The third-order valence-electron chi connectivity index (χ3n) is 3.43. The molecule has 0 spiro atoms. The van der Waals surface area contributed by atoms with Gasteiger partial charge in [0.1, 0.15) is 0 Å². The first-order valence-corrected chi connectivity index (χ1v) is 9.58. The van der Waals surface area contributed by atoms with E-state index in [0.29, 0.717) is 23.4 Å². The molecule has 2 rings (SSSR count). The Labute approximate surface area is 151 Å². The van der Waals surface area contributed by atoms with E-state index in [0.717, 1.165) is 0 Å². The zero-order valence-electron chi connectivity index (χ0n) is 14.1. The van der Waals surface area contributed by atoms with Crippen molar-refractivity contribution in [1.29, 1.82) is 0 Å². The average Bonchev–Trinajstić information content (AvgIpc) is 2.56. The molecule has 0 aliphatic carbocycles. The molecular formula is C17H19N3O5S. The van der Waals surface area contributed by atoms with Crippen LogP contribution in [0.2, 0.25) is 0 Å². The molecule has 0 fully saturated rings. The fourth-order valence-corrected chi connectivity index (χ4v) is 3.38. The van der Waals surface area contributed by atoms with Crippen molar-refractivity contribution in [1.82, 2.24) is 0 Å². The lowest BCUT2D eigenvalue weighted by atomic mass is 10.1. The van der Waals surface area contributed by atoms with Gasteiger partial charge in [-0.25, -0.2) is 8.42 Å². The second-order valence-electron chi connectivity index (χ2n) is 5.65. The summed E-state index contributed by atoms with van der Waals surface area (Å²) in [5.74, 6) is -0.237. The topological polar surface area (TPSA) is 118 Å². The van der Waals surface area contributed by atoms with Gasteiger partial charge in [0.15, 0.2) is 0 Å². The van der Waals surface area contributed by atoms with Gasteiger partial charge in [0.25, 0.3) is 5.69 Å². The molecule has 9 heteroatoms. The van der Waals surface area contributed by atoms with Gasteiger partial charge in [0.05, 0.1) is 17.1 Å².